The van der Waals surface area contributed by atoms with Gasteiger partial charge >= 0.3 is 0 Å². The highest BCUT2D eigenvalue weighted by molar-refractivity contribution is 7.86. The topological polar surface area (TPSA) is 61.8 Å². The fourth-order valence-electron chi connectivity index (χ4n) is 4.07. The Hall–Kier alpha value is -1.47. The van der Waals surface area contributed by atoms with Gasteiger partial charge in [-0.15, -0.1) is 0 Å². The van der Waals surface area contributed by atoms with Gasteiger partial charge in [0.1, 0.15) is 4.90 Å². The van der Waals surface area contributed by atoms with Crippen LogP contribution in [-0.2, 0) is 23.8 Å². The minimum Gasteiger partial charge on any atom is -0.379 e. The first kappa shape index (κ1) is 29.8. The number of rotatable bonds is 7. The van der Waals surface area contributed by atoms with Crippen LogP contribution >= 0.6 is 0 Å². The van der Waals surface area contributed by atoms with E-state index in [0.29, 0.717) is 43.2 Å². The SMILES string of the molecule is CC1C=CCCOCCOCC(COS(=O)(=O)c2c(C(C)C)cc(C(C)C)cc2C(C)C)C=CC1. The first-order chi connectivity index (χ1) is 16.5. The molecular formula is C29H46O5S. The quantitative estimate of drug-likeness (QED) is 0.296. The molecule has 0 spiro atoms. The molecule has 2 unspecified atom stereocenters. The van der Waals surface area contributed by atoms with Crippen LogP contribution in [0, 0.1) is 11.8 Å². The summed E-state index contributed by atoms with van der Waals surface area (Å²) in [4.78, 5) is 0.338. The first-order valence-corrected chi connectivity index (χ1v) is 14.5. The molecule has 0 saturated heterocycles. The third-order valence-corrected chi connectivity index (χ3v) is 7.70. The maximum atomic E-state index is 13.6. The molecule has 0 aromatic heterocycles. The van der Waals surface area contributed by atoms with Crippen molar-refractivity contribution in [2.75, 3.05) is 33.0 Å². The second kappa shape index (κ2) is 14.3. The Morgan fingerprint density at radius 3 is 2.11 bits per heavy atom. The van der Waals surface area contributed by atoms with E-state index in [4.69, 9.17) is 13.7 Å². The zero-order chi connectivity index (χ0) is 26.0. The fraction of sp³-hybridized carbons (Fsp3) is 0.655. The number of hydrogen-bond acceptors (Lipinski definition) is 5. The van der Waals surface area contributed by atoms with Gasteiger partial charge in [0.25, 0.3) is 10.1 Å². The van der Waals surface area contributed by atoms with Crippen molar-refractivity contribution in [3.8, 4) is 0 Å². The molecule has 2 rings (SSSR count). The summed E-state index contributed by atoms with van der Waals surface area (Å²) in [6.45, 7) is 16.7. The van der Waals surface area contributed by atoms with Crippen LogP contribution in [0.2, 0.25) is 0 Å². The summed E-state index contributed by atoms with van der Waals surface area (Å²) in [7, 11) is -3.95. The van der Waals surface area contributed by atoms with Crippen molar-refractivity contribution in [1.29, 1.82) is 0 Å². The van der Waals surface area contributed by atoms with E-state index in [2.05, 4.69) is 39.0 Å². The van der Waals surface area contributed by atoms with E-state index in [1.165, 1.54) is 0 Å². The lowest BCUT2D eigenvalue weighted by Crippen LogP contribution is -2.21. The molecule has 0 amide bonds. The summed E-state index contributed by atoms with van der Waals surface area (Å²) in [5.74, 6) is 0.681. The Balaban J connectivity index is 2.29. The van der Waals surface area contributed by atoms with E-state index < -0.39 is 10.1 Å². The molecule has 0 N–H and O–H groups in total. The Bertz CT molecular complexity index is 915. The summed E-state index contributed by atoms with van der Waals surface area (Å²) >= 11 is 0. The van der Waals surface area contributed by atoms with Crippen LogP contribution in [0.4, 0.5) is 0 Å². The van der Waals surface area contributed by atoms with Crippen LogP contribution in [0.3, 0.4) is 0 Å². The molecule has 35 heavy (non-hydrogen) atoms. The van der Waals surface area contributed by atoms with Gasteiger partial charge in [-0.1, -0.05) is 84.9 Å². The molecule has 5 nitrogen and oxygen atoms in total. The van der Waals surface area contributed by atoms with Crippen molar-refractivity contribution in [2.24, 2.45) is 11.8 Å². The van der Waals surface area contributed by atoms with Crippen LogP contribution in [0.25, 0.3) is 0 Å². The number of benzene rings is 1. The summed E-state index contributed by atoms with van der Waals surface area (Å²) in [5, 5.41) is 0. The third-order valence-electron chi connectivity index (χ3n) is 6.28. The Morgan fingerprint density at radius 2 is 1.51 bits per heavy atom. The van der Waals surface area contributed by atoms with Gasteiger partial charge in [0.15, 0.2) is 0 Å². The smallest absolute Gasteiger partial charge is 0.297 e. The van der Waals surface area contributed by atoms with E-state index in [1.807, 2.05) is 45.9 Å². The molecule has 2 atom stereocenters. The molecule has 0 fully saturated rings. The standard InChI is InChI=1S/C29H46O5S/c1-21(2)26-17-27(22(3)4)29(28(18-26)23(5)6)35(30,31)34-20-25-13-10-12-24(7)11-8-9-14-32-15-16-33-19-25/h8,10-11,13,17-18,21-25H,9,12,14-16,19-20H2,1-7H3. The Kier molecular flexibility index (Phi) is 12.2. The molecule has 0 saturated carbocycles. The number of ether oxygens (including phenoxy) is 2. The van der Waals surface area contributed by atoms with Crippen molar-refractivity contribution >= 4 is 10.1 Å². The van der Waals surface area contributed by atoms with Gasteiger partial charge in [-0.05, 0) is 53.2 Å². The molecular weight excluding hydrogens is 460 g/mol. The maximum absolute atomic E-state index is 13.6. The fourth-order valence-corrected chi connectivity index (χ4v) is 5.71. The van der Waals surface area contributed by atoms with Crippen molar-refractivity contribution in [3.05, 3.63) is 53.1 Å². The Labute approximate surface area is 214 Å². The van der Waals surface area contributed by atoms with Gasteiger partial charge < -0.3 is 9.47 Å². The lowest BCUT2D eigenvalue weighted by Gasteiger charge is -2.23. The van der Waals surface area contributed by atoms with Crippen LogP contribution < -0.4 is 0 Å². The second-order valence-electron chi connectivity index (χ2n) is 10.5. The minimum atomic E-state index is -3.95. The number of allylic oxidation sites excluding steroid dienone is 2. The highest BCUT2D eigenvalue weighted by Crippen LogP contribution is 2.36. The monoisotopic (exact) mass is 506 g/mol. The highest BCUT2D eigenvalue weighted by Gasteiger charge is 2.28. The van der Waals surface area contributed by atoms with E-state index in [-0.39, 0.29) is 24.4 Å². The molecule has 1 aromatic rings. The normalized spacial score (nSPS) is 21.1. The molecule has 0 radical (unpaired) electrons. The van der Waals surface area contributed by atoms with Gasteiger partial charge in [0.2, 0.25) is 0 Å². The summed E-state index contributed by atoms with van der Waals surface area (Å²) in [6.07, 6.45) is 10.3. The van der Waals surface area contributed by atoms with Gasteiger partial charge in [0.05, 0.1) is 33.0 Å². The number of hydrogen-bond donors (Lipinski definition) is 0. The van der Waals surface area contributed by atoms with E-state index in [9.17, 15) is 8.42 Å². The van der Waals surface area contributed by atoms with E-state index >= 15 is 0 Å². The predicted octanol–water partition coefficient (Wildman–Crippen LogP) is 6.95. The molecule has 1 aromatic carbocycles. The molecule has 198 valence electrons. The zero-order valence-corrected chi connectivity index (χ0v) is 23.6. The molecule has 1 heterocycles. The van der Waals surface area contributed by atoms with Crippen LogP contribution in [0.5, 0.6) is 0 Å². The highest BCUT2D eigenvalue weighted by atomic mass is 32.2. The molecule has 0 aliphatic carbocycles. The lowest BCUT2D eigenvalue weighted by molar-refractivity contribution is 0.0347. The largest absolute Gasteiger partial charge is 0.379 e. The van der Waals surface area contributed by atoms with E-state index in [1.54, 1.807) is 0 Å². The van der Waals surface area contributed by atoms with Gasteiger partial charge in [-0.2, -0.15) is 8.42 Å². The first-order valence-electron chi connectivity index (χ1n) is 13.1. The Morgan fingerprint density at radius 1 is 0.886 bits per heavy atom. The lowest BCUT2D eigenvalue weighted by atomic mass is 9.89. The third kappa shape index (κ3) is 9.49. The summed E-state index contributed by atoms with van der Waals surface area (Å²) in [5.41, 5.74) is 2.81. The van der Waals surface area contributed by atoms with Crippen LogP contribution in [0.15, 0.2) is 41.3 Å². The van der Waals surface area contributed by atoms with Crippen LogP contribution in [0.1, 0.15) is 95.8 Å². The van der Waals surface area contributed by atoms with Gasteiger partial charge in [-0.25, -0.2) is 0 Å². The van der Waals surface area contributed by atoms with E-state index in [0.717, 1.165) is 29.5 Å². The molecule has 0 bridgehead atoms. The minimum absolute atomic E-state index is 0.0465. The molecule has 6 heteroatoms. The van der Waals surface area contributed by atoms with Crippen LogP contribution in [-0.4, -0.2) is 41.5 Å². The maximum Gasteiger partial charge on any atom is 0.297 e. The average Bonchev–Trinajstić information content (AvgIpc) is 2.79. The van der Waals surface area contributed by atoms with Crippen molar-refractivity contribution in [3.63, 3.8) is 0 Å². The zero-order valence-electron chi connectivity index (χ0n) is 22.8. The summed E-state index contributed by atoms with van der Waals surface area (Å²) in [6, 6.07) is 4.08. The summed E-state index contributed by atoms with van der Waals surface area (Å²) < 4.78 is 44.3. The van der Waals surface area contributed by atoms with Crippen molar-refractivity contribution < 1.29 is 22.1 Å². The average molecular weight is 507 g/mol. The predicted molar refractivity (Wildman–Crippen MR) is 144 cm³/mol. The van der Waals surface area contributed by atoms with Gasteiger partial charge in [-0.3, -0.25) is 4.18 Å². The van der Waals surface area contributed by atoms with Crippen molar-refractivity contribution in [1.82, 2.24) is 0 Å². The molecule has 1 aliphatic rings. The second-order valence-corrected chi connectivity index (χ2v) is 12.1. The van der Waals surface area contributed by atoms with Gasteiger partial charge in [0, 0.05) is 5.92 Å². The molecule has 1 aliphatic heterocycles. The van der Waals surface area contributed by atoms with Crippen molar-refractivity contribution in [2.45, 2.75) is 84.0 Å².